The molecule has 19 heavy (non-hydrogen) atoms. The summed E-state index contributed by atoms with van der Waals surface area (Å²) in [5, 5.41) is 11.7. The van der Waals surface area contributed by atoms with E-state index in [0.717, 1.165) is 6.42 Å². The van der Waals surface area contributed by atoms with Crippen LogP contribution in [-0.2, 0) is 14.4 Å². The van der Waals surface area contributed by atoms with E-state index in [0.29, 0.717) is 32.4 Å². The topological polar surface area (TPSA) is 86.7 Å². The number of carbonyl (C=O) groups is 3. The van der Waals surface area contributed by atoms with E-state index in [-0.39, 0.29) is 17.9 Å². The highest BCUT2D eigenvalue weighted by molar-refractivity contribution is 5.96. The average molecular weight is 270 g/mol. The lowest BCUT2D eigenvalue weighted by molar-refractivity contribution is -0.150. The fourth-order valence-electron chi connectivity index (χ4n) is 2.15. The zero-order valence-electron chi connectivity index (χ0n) is 11.5. The van der Waals surface area contributed by atoms with Crippen LogP contribution in [0.15, 0.2) is 0 Å². The molecule has 0 radical (unpaired) electrons. The summed E-state index contributed by atoms with van der Waals surface area (Å²) in [5.41, 5.74) is 0. The van der Waals surface area contributed by atoms with Gasteiger partial charge < -0.3 is 15.3 Å². The fraction of sp³-hybridized carbons (Fsp3) is 0.769. The van der Waals surface area contributed by atoms with Crippen molar-refractivity contribution in [3.05, 3.63) is 0 Å². The molecule has 1 saturated heterocycles. The van der Waals surface area contributed by atoms with Crippen LogP contribution in [0.3, 0.4) is 0 Å². The summed E-state index contributed by atoms with van der Waals surface area (Å²) in [6, 6.07) is 0.100. The molecule has 2 N–H and O–H groups in total. The second-order valence-electron chi connectivity index (χ2n) is 4.98. The van der Waals surface area contributed by atoms with Crippen molar-refractivity contribution in [1.29, 1.82) is 0 Å². The molecule has 0 aromatic heterocycles. The molecule has 108 valence electrons. The molecule has 0 aromatic rings. The monoisotopic (exact) mass is 270 g/mol. The van der Waals surface area contributed by atoms with Crippen molar-refractivity contribution in [3.63, 3.8) is 0 Å². The van der Waals surface area contributed by atoms with Gasteiger partial charge in [-0.1, -0.05) is 6.92 Å². The Balaban J connectivity index is 2.38. The molecule has 1 aliphatic heterocycles. The highest BCUT2D eigenvalue weighted by Crippen LogP contribution is 2.14. The van der Waals surface area contributed by atoms with Crippen LogP contribution in [0.4, 0.5) is 0 Å². The minimum Gasteiger partial charge on any atom is -0.481 e. The third-order valence-electron chi connectivity index (χ3n) is 3.39. The number of nitrogens with zero attached hydrogens (tertiary/aromatic N) is 1. The zero-order chi connectivity index (χ0) is 14.4. The molecule has 1 heterocycles. The Morgan fingerprint density at radius 1 is 1.32 bits per heavy atom. The molecule has 1 aliphatic rings. The molecular weight excluding hydrogens is 248 g/mol. The van der Waals surface area contributed by atoms with Gasteiger partial charge in [-0.25, -0.2) is 0 Å². The second-order valence-corrected chi connectivity index (χ2v) is 4.98. The summed E-state index contributed by atoms with van der Waals surface area (Å²) in [4.78, 5) is 35.6. The summed E-state index contributed by atoms with van der Waals surface area (Å²) >= 11 is 0. The number of likely N-dealkylation sites (tertiary alicyclic amines) is 1. The van der Waals surface area contributed by atoms with Gasteiger partial charge >= 0.3 is 5.97 Å². The van der Waals surface area contributed by atoms with Gasteiger partial charge in [-0.3, -0.25) is 14.4 Å². The number of amides is 2. The maximum Gasteiger partial charge on any atom is 0.315 e. The summed E-state index contributed by atoms with van der Waals surface area (Å²) in [5.74, 6) is -2.38. The number of nitrogens with one attached hydrogen (secondary N) is 1. The molecule has 6 nitrogen and oxygen atoms in total. The van der Waals surface area contributed by atoms with E-state index < -0.39 is 11.9 Å². The standard InChI is InChI=1S/C13H22N2O4/c1-3-4-11(16)14-10-5-7-15(8-6-10)12(17)9(2)13(18)19/h9-10H,3-8H2,1-2H3,(H,14,16)(H,18,19). The van der Waals surface area contributed by atoms with Crippen LogP contribution >= 0.6 is 0 Å². The van der Waals surface area contributed by atoms with Crippen LogP contribution < -0.4 is 5.32 Å². The predicted molar refractivity (Wildman–Crippen MR) is 69.5 cm³/mol. The Morgan fingerprint density at radius 3 is 2.37 bits per heavy atom. The average Bonchev–Trinajstić information content (AvgIpc) is 2.38. The van der Waals surface area contributed by atoms with E-state index in [2.05, 4.69) is 5.32 Å². The zero-order valence-corrected chi connectivity index (χ0v) is 11.5. The molecule has 1 rings (SSSR count). The third kappa shape index (κ3) is 4.54. The molecule has 0 saturated carbocycles. The first-order valence-corrected chi connectivity index (χ1v) is 6.76. The first-order valence-electron chi connectivity index (χ1n) is 6.76. The predicted octanol–water partition coefficient (Wildman–Crippen LogP) is 0.614. The Kier molecular flexibility index (Phi) is 5.79. The number of rotatable bonds is 5. The fourth-order valence-corrected chi connectivity index (χ4v) is 2.15. The second kappa shape index (κ2) is 7.11. The van der Waals surface area contributed by atoms with Crippen LogP contribution in [0.1, 0.15) is 39.5 Å². The van der Waals surface area contributed by atoms with E-state index in [1.807, 2.05) is 6.92 Å². The maximum atomic E-state index is 11.8. The van der Waals surface area contributed by atoms with Crippen molar-refractivity contribution >= 4 is 17.8 Å². The molecule has 1 fully saturated rings. The van der Waals surface area contributed by atoms with Crippen molar-refractivity contribution in [3.8, 4) is 0 Å². The van der Waals surface area contributed by atoms with Crippen LogP contribution in [0, 0.1) is 5.92 Å². The Hall–Kier alpha value is -1.59. The van der Waals surface area contributed by atoms with Gasteiger partial charge in [-0.15, -0.1) is 0 Å². The summed E-state index contributed by atoms with van der Waals surface area (Å²) < 4.78 is 0. The Labute approximate surface area is 113 Å². The molecule has 6 heteroatoms. The quantitative estimate of drug-likeness (QED) is 0.717. The van der Waals surface area contributed by atoms with E-state index in [4.69, 9.17) is 5.11 Å². The minimum absolute atomic E-state index is 0.0474. The van der Waals surface area contributed by atoms with Crippen LogP contribution in [0.5, 0.6) is 0 Å². The summed E-state index contributed by atoms with van der Waals surface area (Å²) in [7, 11) is 0. The number of carboxylic acids is 1. The van der Waals surface area contributed by atoms with Crippen molar-refractivity contribution in [2.24, 2.45) is 5.92 Å². The van der Waals surface area contributed by atoms with Crippen LogP contribution in [-0.4, -0.2) is 46.9 Å². The van der Waals surface area contributed by atoms with E-state index >= 15 is 0 Å². The maximum absolute atomic E-state index is 11.8. The number of carboxylic acid groups (broad SMARTS) is 1. The summed E-state index contributed by atoms with van der Waals surface area (Å²) in [6.07, 6.45) is 2.72. The third-order valence-corrected chi connectivity index (χ3v) is 3.39. The van der Waals surface area contributed by atoms with E-state index in [9.17, 15) is 14.4 Å². The minimum atomic E-state index is -1.09. The van der Waals surface area contributed by atoms with Crippen molar-refractivity contribution in [2.75, 3.05) is 13.1 Å². The molecule has 1 atom stereocenters. The lowest BCUT2D eigenvalue weighted by atomic mass is 10.0. The van der Waals surface area contributed by atoms with Gasteiger partial charge in [0.15, 0.2) is 0 Å². The lowest BCUT2D eigenvalue weighted by Gasteiger charge is -2.33. The smallest absolute Gasteiger partial charge is 0.315 e. The van der Waals surface area contributed by atoms with Crippen LogP contribution in [0.25, 0.3) is 0 Å². The van der Waals surface area contributed by atoms with Gasteiger partial charge in [0.2, 0.25) is 11.8 Å². The van der Waals surface area contributed by atoms with E-state index in [1.165, 1.54) is 6.92 Å². The highest BCUT2D eigenvalue weighted by Gasteiger charge is 2.29. The van der Waals surface area contributed by atoms with Gasteiger partial charge in [-0.05, 0) is 26.2 Å². The van der Waals surface area contributed by atoms with E-state index in [1.54, 1.807) is 4.90 Å². The van der Waals surface area contributed by atoms with Crippen molar-refractivity contribution in [1.82, 2.24) is 10.2 Å². The number of aliphatic carboxylic acids is 1. The number of piperidine rings is 1. The molecule has 0 spiro atoms. The largest absolute Gasteiger partial charge is 0.481 e. The van der Waals surface area contributed by atoms with Gasteiger partial charge in [0.25, 0.3) is 0 Å². The molecule has 1 unspecified atom stereocenters. The highest BCUT2D eigenvalue weighted by atomic mass is 16.4. The molecule has 0 aliphatic carbocycles. The van der Waals surface area contributed by atoms with Crippen molar-refractivity contribution < 1.29 is 19.5 Å². The van der Waals surface area contributed by atoms with Gasteiger partial charge in [0.1, 0.15) is 5.92 Å². The Bertz CT molecular complexity index is 349. The lowest BCUT2D eigenvalue weighted by Crippen LogP contribution is -2.48. The van der Waals surface area contributed by atoms with Gasteiger partial charge in [0.05, 0.1) is 0 Å². The van der Waals surface area contributed by atoms with Crippen LogP contribution in [0.2, 0.25) is 0 Å². The molecule has 0 bridgehead atoms. The number of carbonyl (C=O) groups excluding carboxylic acids is 2. The molecule has 2 amide bonds. The first kappa shape index (κ1) is 15.5. The SMILES string of the molecule is CCCC(=O)NC1CCN(C(=O)C(C)C(=O)O)CC1. The molecule has 0 aromatic carbocycles. The van der Waals surface area contributed by atoms with Gasteiger partial charge in [0, 0.05) is 25.6 Å². The number of hydrogen-bond donors (Lipinski definition) is 2. The van der Waals surface area contributed by atoms with Crippen molar-refractivity contribution in [2.45, 2.75) is 45.6 Å². The summed E-state index contributed by atoms with van der Waals surface area (Å²) in [6.45, 7) is 4.37. The Morgan fingerprint density at radius 2 is 1.89 bits per heavy atom. The van der Waals surface area contributed by atoms with Gasteiger partial charge in [-0.2, -0.15) is 0 Å². The normalized spacial score (nSPS) is 17.9. The number of hydrogen-bond acceptors (Lipinski definition) is 3. The first-order chi connectivity index (χ1) is 8.95. The molecular formula is C13H22N2O4.